The maximum Gasteiger partial charge on any atom is 0.246 e. The molecule has 1 saturated carbocycles. The lowest BCUT2D eigenvalue weighted by Gasteiger charge is -2.32. The molecule has 13 N–H and O–H groups in total. The van der Waals surface area contributed by atoms with Crippen LogP contribution >= 0.6 is 11.8 Å². The number of unbranched alkanes of at least 4 members (excludes halogenated alkanes) is 3. The molecule has 12 atom stereocenters. The van der Waals surface area contributed by atoms with E-state index >= 15 is 8.42 Å². The minimum atomic E-state index is -4.98. The van der Waals surface area contributed by atoms with E-state index in [1.54, 1.807) is 13.8 Å². The van der Waals surface area contributed by atoms with Gasteiger partial charge in [-0.15, -0.1) is 11.8 Å². The monoisotopic (exact) mass is 1200 g/mol. The predicted molar refractivity (Wildman–Crippen MR) is 299 cm³/mol. The number of benzene rings is 1. The Hall–Kier alpha value is -6.69. The molecule has 6 rings (SSSR count). The lowest BCUT2D eigenvalue weighted by molar-refractivity contribution is -0.144. The molecule has 27 nitrogen and oxygen atoms in total. The van der Waals surface area contributed by atoms with Crippen molar-refractivity contribution in [1.82, 2.24) is 47.1 Å². The van der Waals surface area contributed by atoms with Gasteiger partial charge in [-0.2, -0.15) is 0 Å². The number of hydrogen-bond donors (Lipinski definition) is 12. The Morgan fingerprint density at radius 3 is 2.17 bits per heavy atom. The summed E-state index contributed by atoms with van der Waals surface area (Å²) in [4.78, 5) is 155. The first-order valence-electron chi connectivity index (χ1n) is 27.9. The maximum atomic E-state index is 15.1. The summed E-state index contributed by atoms with van der Waals surface area (Å²) in [7, 11) is -4.98. The molecule has 4 heterocycles. The number of carbonyl (C=O) groups excluding carboxylic acids is 11. The normalized spacial score (nSPS) is 27.4. The van der Waals surface area contributed by atoms with Crippen molar-refractivity contribution in [2.45, 2.75) is 169 Å². The summed E-state index contributed by atoms with van der Waals surface area (Å²) in [5.74, 6) is -13.7. The highest BCUT2D eigenvalue weighted by Gasteiger charge is 2.46. The fourth-order valence-electron chi connectivity index (χ4n) is 10.6. The third-order valence-electron chi connectivity index (χ3n) is 15.3. The van der Waals surface area contributed by atoms with Gasteiger partial charge >= 0.3 is 0 Å². The average molecular weight is 1200 g/mol. The van der Waals surface area contributed by atoms with E-state index in [0.717, 1.165) is 4.90 Å². The van der Waals surface area contributed by atoms with E-state index in [1.165, 1.54) is 36.9 Å². The number of rotatable bonds is 16. The number of nitrogens with two attached hydrogens (primary N) is 1. The van der Waals surface area contributed by atoms with Gasteiger partial charge in [-0.3, -0.25) is 52.7 Å². The van der Waals surface area contributed by atoms with E-state index in [1.807, 2.05) is 20.8 Å². The van der Waals surface area contributed by atoms with E-state index < -0.39 is 185 Å². The first-order chi connectivity index (χ1) is 39.0. The number of aromatic nitrogens is 1. The van der Waals surface area contributed by atoms with Crippen LogP contribution in [0.15, 0.2) is 23.2 Å². The molecule has 2 bridgehead atoms. The standard InChI is InChI=1S/C54H78N10O17S2/c1-7-26(2)44-50(76)57-21-42(70)58-36-25-83(79,80)52-32(30-14-13-29(17-33(30)61-52)81-15-11-9-8-10-12-31-38(67)20-40(46(31)72)82-54(4,5)6)18-34(47(73)56-22-43(71)62-44)59-51(77)45(27(3)39(68)24-65)63-49(75)37-16-28(66)23-64(37)53(78)35(19-41(55)69)60-48(36)74/h13-14,17,26-28,31,34-37,39-40,44-45,61,65-66,68H,7-12,15-16,18-25H2,1-6H3,(H2,55,69)(H,56,73)(H,57,76)(H,58,70)(H,59,77)(H,60,74)(H,62,71)(H,63,75)/t26-,27-,28+,31?,34-,35-,36-,37-,39-,40?,44-,45-/m0/s1. The summed E-state index contributed by atoms with van der Waals surface area (Å²) in [5.41, 5.74) is 5.45. The number of nitrogens with one attached hydrogen (secondary N) is 8. The second kappa shape index (κ2) is 28.3. The van der Waals surface area contributed by atoms with Gasteiger partial charge in [0.05, 0.1) is 67.4 Å². The molecule has 83 heavy (non-hydrogen) atoms. The van der Waals surface area contributed by atoms with Gasteiger partial charge in [0.25, 0.3) is 0 Å². The topological polar surface area (TPSA) is 421 Å². The molecule has 2 unspecified atom stereocenters. The van der Waals surface area contributed by atoms with Crippen LogP contribution < -0.4 is 47.7 Å². The smallest absolute Gasteiger partial charge is 0.246 e. The number of aliphatic hydroxyl groups excluding tert-OH is 3. The van der Waals surface area contributed by atoms with Gasteiger partial charge in [0.2, 0.25) is 53.2 Å². The largest absolute Gasteiger partial charge is 0.494 e. The fraction of sp³-hybridized carbons (Fsp3) is 0.648. The van der Waals surface area contributed by atoms with Crippen molar-refractivity contribution in [3.8, 4) is 5.75 Å². The van der Waals surface area contributed by atoms with E-state index in [-0.39, 0.29) is 56.8 Å². The molecule has 1 aromatic heterocycles. The quantitative estimate of drug-likeness (QED) is 0.0607. The predicted octanol–water partition coefficient (Wildman–Crippen LogP) is -2.57. The Kier molecular flexibility index (Phi) is 22.3. The van der Waals surface area contributed by atoms with Crippen molar-refractivity contribution >= 4 is 97.2 Å². The lowest BCUT2D eigenvalue weighted by atomic mass is 9.93. The Labute approximate surface area is 484 Å². The van der Waals surface area contributed by atoms with E-state index in [2.05, 4.69) is 42.2 Å². The van der Waals surface area contributed by atoms with Crippen LogP contribution in [0.5, 0.6) is 5.75 Å². The third-order valence-corrected chi connectivity index (χ3v) is 18.4. The number of thioether (sulfide) groups is 1. The van der Waals surface area contributed by atoms with Crippen LogP contribution in [-0.2, 0) is 69.0 Å². The zero-order valence-corrected chi connectivity index (χ0v) is 49.0. The molecule has 458 valence electrons. The van der Waals surface area contributed by atoms with Gasteiger partial charge in [-0.05, 0) is 36.5 Å². The molecule has 9 amide bonds. The summed E-state index contributed by atoms with van der Waals surface area (Å²) < 4.78 is 36.2. The van der Waals surface area contributed by atoms with E-state index in [9.17, 15) is 68.1 Å². The second-order valence-electron chi connectivity index (χ2n) is 22.8. The number of aliphatic hydroxyl groups is 3. The van der Waals surface area contributed by atoms with E-state index in [4.69, 9.17) is 10.5 Å². The number of nitrogens with zero attached hydrogens (tertiary/aromatic N) is 1. The second-order valence-corrected chi connectivity index (χ2v) is 26.8. The molecule has 29 heteroatoms. The van der Waals surface area contributed by atoms with Gasteiger partial charge in [0.15, 0.2) is 15.6 Å². The summed E-state index contributed by atoms with van der Waals surface area (Å²) in [6.45, 7) is 7.59. The number of ketones is 2. The number of fused-ring (bicyclic) bond motifs is 5. The first-order valence-corrected chi connectivity index (χ1v) is 30.4. The molecule has 1 saturated heterocycles. The van der Waals surface area contributed by atoms with Gasteiger partial charge in [0.1, 0.15) is 52.8 Å². The fourth-order valence-corrected chi connectivity index (χ4v) is 13.6. The van der Waals surface area contributed by atoms with Crippen molar-refractivity contribution in [2.75, 3.05) is 38.6 Å². The molecule has 0 spiro atoms. The van der Waals surface area contributed by atoms with Crippen molar-refractivity contribution in [3.63, 3.8) is 0 Å². The molecule has 4 aliphatic rings. The Balaban J connectivity index is 1.42. The number of carbonyl (C=O) groups is 11. The van der Waals surface area contributed by atoms with Gasteiger partial charge < -0.3 is 72.9 Å². The number of amides is 9. The zero-order valence-electron chi connectivity index (χ0n) is 47.4. The zero-order chi connectivity index (χ0) is 61.2. The number of Topliss-reactive ketones (excluding diaryl/α,β-unsaturated/α-hetero) is 2. The Morgan fingerprint density at radius 1 is 0.831 bits per heavy atom. The SMILES string of the molecule is CC[C@H](C)[C@@H]1NC(=O)CNC(=O)[C@@H]2Cc3c([nH]c4cc(OCCCCCCC5C(=O)CC(SC(C)(C)C)C5=O)ccc34)S(=O)(=O)C[C@H](NC(=O)CNC1=O)C(=O)N[C@@H](CC(N)=O)C(=O)N1C[C@H](O)C[C@H]1C(=O)N[C@@H]([C@@H](C)[C@@H](O)CO)C(=O)N2. The average Bonchev–Trinajstić information content (AvgIpc) is 4.26. The Bertz CT molecular complexity index is 2930. The molecule has 2 fully saturated rings. The first kappa shape index (κ1) is 65.5. The summed E-state index contributed by atoms with van der Waals surface area (Å²) >= 11 is 1.51. The van der Waals surface area contributed by atoms with Crippen LogP contribution in [0.1, 0.15) is 105 Å². The third kappa shape index (κ3) is 17.0. The van der Waals surface area contributed by atoms with Crippen LogP contribution in [0.2, 0.25) is 0 Å². The number of hydrogen-bond acceptors (Lipinski definition) is 18. The molecular formula is C54H78N10O17S2. The number of H-pyrrole nitrogens is 1. The highest BCUT2D eigenvalue weighted by Crippen LogP contribution is 2.38. The Morgan fingerprint density at radius 2 is 1.51 bits per heavy atom. The summed E-state index contributed by atoms with van der Waals surface area (Å²) in [6.07, 6.45) is -1.65. The highest BCUT2D eigenvalue weighted by molar-refractivity contribution is 8.02. The molecule has 3 aliphatic heterocycles. The number of ether oxygens (including phenoxy) is 1. The maximum absolute atomic E-state index is 15.1. The van der Waals surface area contributed by atoms with Crippen molar-refractivity contribution in [1.29, 1.82) is 0 Å². The molecule has 1 aliphatic carbocycles. The van der Waals surface area contributed by atoms with Crippen LogP contribution in [0, 0.1) is 17.8 Å². The highest BCUT2D eigenvalue weighted by atomic mass is 32.2. The molecule has 2 aromatic rings. The van der Waals surface area contributed by atoms with E-state index in [0.29, 0.717) is 38.5 Å². The van der Waals surface area contributed by atoms with Crippen LogP contribution in [-0.4, -0.2) is 195 Å². The van der Waals surface area contributed by atoms with Crippen LogP contribution in [0.25, 0.3) is 10.9 Å². The number of primary amides is 1. The minimum Gasteiger partial charge on any atom is -0.494 e. The van der Waals surface area contributed by atoms with Crippen LogP contribution in [0.3, 0.4) is 0 Å². The summed E-state index contributed by atoms with van der Waals surface area (Å²) in [5, 5.41) is 47.7. The molecule has 1 aromatic carbocycles. The molecular weight excluding hydrogens is 1120 g/mol. The number of sulfone groups is 1. The van der Waals surface area contributed by atoms with Gasteiger partial charge in [-0.1, -0.05) is 67.2 Å². The van der Waals surface area contributed by atoms with Crippen molar-refractivity contribution in [3.05, 3.63) is 23.8 Å². The van der Waals surface area contributed by atoms with Gasteiger partial charge in [0, 0.05) is 47.9 Å². The van der Waals surface area contributed by atoms with Crippen molar-refractivity contribution < 1.29 is 81.2 Å². The summed E-state index contributed by atoms with van der Waals surface area (Å²) in [6, 6.07) is -6.37. The van der Waals surface area contributed by atoms with Crippen molar-refractivity contribution in [2.24, 2.45) is 23.5 Å². The number of aromatic amines is 1. The van der Waals surface area contributed by atoms with Crippen LogP contribution in [0.4, 0.5) is 0 Å². The molecule has 0 radical (unpaired) electrons. The lowest BCUT2D eigenvalue weighted by Crippen LogP contribution is -2.62. The van der Waals surface area contributed by atoms with Gasteiger partial charge in [-0.25, -0.2) is 8.42 Å². The minimum absolute atomic E-state index is 0.0234.